The van der Waals surface area contributed by atoms with Crippen LogP contribution in [-0.4, -0.2) is 64.9 Å². The van der Waals surface area contributed by atoms with Gasteiger partial charge in [0, 0.05) is 42.7 Å². The Bertz CT molecular complexity index is 1340. The minimum atomic E-state index is -1.16. The maximum absolute atomic E-state index is 12.8. The molecule has 1 fully saturated rings. The molecule has 1 saturated heterocycles. The molecule has 0 radical (unpaired) electrons. The van der Waals surface area contributed by atoms with Crippen LogP contribution in [0.25, 0.3) is 0 Å². The van der Waals surface area contributed by atoms with Crippen LogP contribution in [0.4, 0.5) is 4.39 Å². The third kappa shape index (κ3) is 7.28. The maximum Gasteiger partial charge on any atom is 0.293 e. The summed E-state index contributed by atoms with van der Waals surface area (Å²) in [4.78, 5) is 32.4. The third-order valence-corrected chi connectivity index (χ3v) is 6.55. The van der Waals surface area contributed by atoms with Gasteiger partial charge in [-0.1, -0.05) is 36.1 Å². The van der Waals surface area contributed by atoms with Gasteiger partial charge in [-0.15, -0.1) is 0 Å². The van der Waals surface area contributed by atoms with E-state index in [1.165, 1.54) is 11.9 Å². The van der Waals surface area contributed by atoms with E-state index in [4.69, 9.17) is 4.74 Å². The summed E-state index contributed by atoms with van der Waals surface area (Å²) in [5.41, 5.74) is 3.35. The first-order valence-electron chi connectivity index (χ1n) is 12.5. The molecular formula is C29H31FN4O4. The van der Waals surface area contributed by atoms with Gasteiger partial charge in [-0.05, 0) is 48.7 Å². The van der Waals surface area contributed by atoms with Gasteiger partial charge in [0.1, 0.15) is 0 Å². The first-order valence-corrected chi connectivity index (χ1v) is 12.5. The zero-order chi connectivity index (χ0) is 26.9. The second kappa shape index (κ2) is 13.0. The Kier molecular flexibility index (Phi) is 9.25. The van der Waals surface area contributed by atoms with Crippen LogP contribution in [0, 0.1) is 11.8 Å². The number of aromatic nitrogens is 2. The van der Waals surface area contributed by atoms with Gasteiger partial charge >= 0.3 is 0 Å². The quantitative estimate of drug-likeness (QED) is 0.396. The SMILES string of the molecule is CC(NC(=O)CF)C(Cc1ccc(C#Cc2ccc(CN3CCOCC3)cc2)cc1)c1nc[nH]c(=O)c1O. The number of halogens is 1. The Morgan fingerprint density at radius 2 is 1.71 bits per heavy atom. The fourth-order valence-electron chi connectivity index (χ4n) is 4.41. The van der Waals surface area contributed by atoms with E-state index in [1.807, 2.05) is 36.4 Å². The molecule has 1 aromatic heterocycles. The van der Waals surface area contributed by atoms with Crippen molar-refractivity contribution >= 4 is 5.91 Å². The largest absolute Gasteiger partial charge is 0.502 e. The molecule has 1 aliphatic heterocycles. The Morgan fingerprint density at radius 3 is 2.32 bits per heavy atom. The van der Waals surface area contributed by atoms with Crippen molar-refractivity contribution in [2.75, 3.05) is 33.0 Å². The minimum absolute atomic E-state index is 0.140. The van der Waals surface area contributed by atoms with Crippen molar-refractivity contribution in [3.8, 4) is 17.6 Å². The Balaban J connectivity index is 1.44. The summed E-state index contributed by atoms with van der Waals surface area (Å²) in [7, 11) is 0. The van der Waals surface area contributed by atoms with Gasteiger partial charge in [-0.3, -0.25) is 14.5 Å². The molecule has 0 spiro atoms. The molecule has 2 unspecified atom stereocenters. The smallest absolute Gasteiger partial charge is 0.293 e. The molecule has 0 saturated carbocycles. The van der Waals surface area contributed by atoms with Gasteiger partial charge in [0.25, 0.3) is 11.5 Å². The van der Waals surface area contributed by atoms with Gasteiger partial charge < -0.3 is 20.1 Å². The second-order valence-corrected chi connectivity index (χ2v) is 9.30. The summed E-state index contributed by atoms with van der Waals surface area (Å²) in [6.07, 6.45) is 1.55. The number of aromatic amines is 1. The molecule has 198 valence electrons. The van der Waals surface area contributed by atoms with Crippen LogP contribution in [0.3, 0.4) is 0 Å². The van der Waals surface area contributed by atoms with E-state index >= 15 is 0 Å². The van der Waals surface area contributed by atoms with Crippen molar-refractivity contribution < 1.29 is 19.0 Å². The lowest BCUT2D eigenvalue weighted by Gasteiger charge is -2.26. The fraction of sp³-hybridized carbons (Fsp3) is 0.345. The van der Waals surface area contributed by atoms with Gasteiger partial charge in [-0.25, -0.2) is 9.37 Å². The van der Waals surface area contributed by atoms with E-state index in [0.717, 1.165) is 49.5 Å². The number of alkyl halides is 1. The standard InChI is InChI=1S/C29H31FN4O4/c1-20(33-26(35)17-30)25(27-28(36)29(37)32-19-31-27)16-23-8-4-21(5-9-23)2-3-22-6-10-24(11-7-22)18-34-12-14-38-15-13-34/h4-11,19-20,25,36H,12-18H2,1H3,(H,33,35)(H,31,32,37). The topological polar surface area (TPSA) is 108 Å². The molecule has 4 rings (SSSR count). The first-order chi connectivity index (χ1) is 18.4. The lowest BCUT2D eigenvalue weighted by Crippen LogP contribution is -2.39. The number of carbonyl (C=O) groups excluding carboxylic acids is 1. The highest BCUT2D eigenvalue weighted by Gasteiger charge is 2.26. The Hall–Kier alpha value is -4.00. The Labute approximate surface area is 220 Å². The molecule has 2 heterocycles. The summed E-state index contributed by atoms with van der Waals surface area (Å²) in [5, 5.41) is 12.9. The van der Waals surface area contributed by atoms with Crippen LogP contribution in [-0.2, 0) is 22.5 Å². The van der Waals surface area contributed by atoms with Crippen molar-refractivity contribution in [1.82, 2.24) is 20.2 Å². The zero-order valence-electron chi connectivity index (χ0n) is 21.2. The summed E-state index contributed by atoms with van der Waals surface area (Å²) in [6.45, 7) is 4.89. The predicted octanol–water partition coefficient (Wildman–Crippen LogP) is 2.51. The van der Waals surface area contributed by atoms with Gasteiger partial charge in [0.15, 0.2) is 6.67 Å². The normalized spacial score (nSPS) is 15.2. The number of aromatic hydroxyl groups is 1. The molecule has 2 aromatic carbocycles. The zero-order valence-corrected chi connectivity index (χ0v) is 21.2. The molecular weight excluding hydrogens is 487 g/mol. The predicted molar refractivity (Wildman–Crippen MR) is 142 cm³/mol. The molecule has 9 heteroatoms. The number of amides is 1. The average molecular weight is 519 g/mol. The first kappa shape index (κ1) is 27.0. The molecule has 0 bridgehead atoms. The summed E-state index contributed by atoms with van der Waals surface area (Å²) < 4.78 is 18.2. The van der Waals surface area contributed by atoms with Crippen LogP contribution in [0.15, 0.2) is 59.7 Å². The molecule has 1 aliphatic rings. The van der Waals surface area contributed by atoms with E-state index in [9.17, 15) is 19.1 Å². The van der Waals surface area contributed by atoms with Gasteiger partial charge in [-0.2, -0.15) is 0 Å². The number of benzene rings is 2. The van der Waals surface area contributed by atoms with Crippen molar-refractivity contribution in [3.05, 3.63) is 93.2 Å². The Morgan fingerprint density at radius 1 is 1.11 bits per heavy atom. The van der Waals surface area contributed by atoms with Crippen molar-refractivity contribution in [1.29, 1.82) is 0 Å². The second-order valence-electron chi connectivity index (χ2n) is 9.30. The van der Waals surface area contributed by atoms with Crippen molar-refractivity contribution in [2.45, 2.75) is 31.8 Å². The van der Waals surface area contributed by atoms with Crippen LogP contribution in [0.1, 0.15) is 40.8 Å². The van der Waals surface area contributed by atoms with Gasteiger partial charge in [0.2, 0.25) is 5.75 Å². The summed E-state index contributed by atoms with van der Waals surface area (Å²) in [5.74, 6) is 4.52. The minimum Gasteiger partial charge on any atom is -0.502 e. The lowest BCUT2D eigenvalue weighted by molar-refractivity contribution is -0.122. The summed E-state index contributed by atoms with van der Waals surface area (Å²) in [6, 6.07) is 15.2. The number of H-pyrrole nitrogens is 1. The van der Waals surface area contributed by atoms with Crippen molar-refractivity contribution in [2.24, 2.45) is 0 Å². The summed E-state index contributed by atoms with van der Waals surface area (Å²) >= 11 is 0. The molecule has 8 nitrogen and oxygen atoms in total. The van der Waals surface area contributed by atoms with E-state index in [-0.39, 0.29) is 5.69 Å². The van der Waals surface area contributed by atoms with Crippen LogP contribution >= 0.6 is 0 Å². The third-order valence-electron chi connectivity index (χ3n) is 6.55. The monoisotopic (exact) mass is 518 g/mol. The van der Waals surface area contributed by atoms with Crippen LogP contribution in [0.5, 0.6) is 5.75 Å². The van der Waals surface area contributed by atoms with E-state index in [1.54, 1.807) is 6.92 Å². The van der Waals surface area contributed by atoms with E-state index in [2.05, 4.69) is 44.2 Å². The maximum atomic E-state index is 12.8. The number of morpholine rings is 1. The number of nitrogens with one attached hydrogen (secondary N) is 2. The van der Waals surface area contributed by atoms with E-state index < -0.39 is 35.9 Å². The number of carbonyl (C=O) groups is 1. The fourth-order valence-corrected chi connectivity index (χ4v) is 4.41. The number of hydrogen-bond donors (Lipinski definition) is 3. The molecule has 3 aromatic rings. The molecule has 1 amide bonds. The van der Waals surface area contributed by atoms with Gasteiger partial charge in [0.05, 0.1) is 25.2 Å². The molecule has 2 atom stereocenters. The number of hydrogen-bond acceptors (Lipinski definition) is 6. The highest BCUT2D eigenvalue weighted by Crippen LogP contribution is 2.27. The molecule has 38 heavy (non-hydrogen) atoms. The average Bonchev–Trinajstić information content (AvgIpc) is 2.94. The molecule has 0 aliphatic carbocycles. The lowest BCUT2D eigenvalue weighted by atomic mass is 9.89. The van der Waals surface area contributed by atoms with Crippen LogP contribution in [0.2, 0.25) is 0 Å². The highest BCUT2D eigenvalue weighted by atomic mass is 19.1. The number of ether oxygens (including phenoxy) is 1. The highest BCUT2D eigenvalue weighted by molar-refractivity contribution is 5.77. The number of nitrogens with zero attached hydrogens (tertiary/aromatic N) is 2. The molecule has 3 N–H and O–H groups in total. The van der Waals surface area contributed by atoms with E-state index in [0.29, 0.717) is 6.42 Å². The van der Waals surface area contributed by atoms with Crippen molar-refractivity contribution in [3.63, 3.8) is 0 Å². The van der Waals surface area contributed by atoms with Crippen LogP contribution < -0.4 is 10.9 Å². The number of rotatable bonds is 8.